The van der Waals surface area contributed by atoms with Crippen LogP contribution < -0.4 is 5.32 Å². The number of amides is 1. The Labute approximate surface area is 133 Å². The predicted octanol–water partition coefficient (Wildman–Crippen LogP) is 3.66. The molecule has 1 aromatic heterocycles. The van der Waals surface area contributed by atoms with E-state index in [0.29, 0.717) is 17.0 Å². The van der Waals surface area contributed by atoms with Crippen molar-refractivity contribution in [3.63, 3.8) is 0 Å². The summed E-state index contributed by atoms with van der Waals surface area (Å²) >= 11 is 3.17. The van der Waals surface area contributed by atoms with Gasteiger partial charge >= 0.3 is 0 Å². The van der Waals surface area contributed by atoms with Gasteiger partial charge in [-0.25, -0.2) is 0 Å². The van der Waals surface area contributed by atoms with Gasteiger partial charge in [0.1, 0.15) is 0 Å². The molecule has 1 N–H and O–H groups in total. The zero-order valence-electron chi connectivity index (χ0n) is 12.2. The van der Waals surface area contributed by atoms with E-state index in [4.69, 9.17) is 0 Å². The van der Waals surface area contributed by atoms with Crippen LogP contribution >= 0.6 is 23.1 Å². The number of thioether (sulfide) groups is 1. The molecule has 0 aliphatic heterocycles. The number of anilines is 1. The molecule has 0 atom stereocenters. The van der Waals surface area contributed by atoms with Crippen LogP contribution in [0.4, 0.5) is 5.13 Å². The van der Waals surface area contributed by atoms with Crippen LogP contribution in [0.2, 0.25) is 0 Å². The van der Waals surface area contributed by atoms with Crippen LogP contribution in [0.5, 0.6) is 0 Å². The van der Waals surface area contributed by atoms with E-state index >= 15 is 0 Å². The fraction of sp³-hybridized carbons (Fsp3) is 0.800. The van der Waals surface area contributed by atoms with E-state index in [0.717, 1.165) is 21.9 Å². The van der Waals surface area contributed by atoms with Crippen molar-refractivity contribution in [2.24, 2.45) is 29.6 Å². The third-order valence-corrected chi connectivity index (χ3v) is 7.29. The highest BCUT2D eigenvalue weighted by Crippen LogP contribution is 2.56. The normalized spacial score (nSPS) is 36.9. The molecule has 0 unspecified atom stereocenters. The molecule has 0 radical (unpaired) electrons. The largest absolute Gasteiger partial charge is 0.300 e. The van der Waals surface area contributed by atoms with Crippen molar-refractivity contribution >= 4 is 34.1 Å². The van der Waals surface area contributed by atoms with E-state index in [1.54, 1.807) is 11.8 Å². The lowest BCUT2D eigenvalue weighted by molar-refractivity contribution is -0.132. The first kappa shape index (κ1) is 14.0. The Bertz CT molecular complexity index is 517. The summed E-state index contributed by atoms with van der Waals surface area (Å²) in [5.74, 6) is 4.48. The van der Waals surface area contributed by atoms with E-state index < -0.39 is 0 Å². The van der Waals surface area contributed by atoms with Gasteiger partial charge in [0, 0.05) is 5.92 Å². The molecule has 1 amide bonds. The van der Waals surface area contributed by atoms with Crippen molar-refractivity contribution in [3.05, 3.63) is 0 Å². The van der Waals surface area contributed by atoms with Crippen LogP contribution in [0.1, 0.15) is 39.0 Å². The number of hydrogen-bond donors (Lipinski definition) is 1. The van der Waals surface area contributed by atoms with Gasteiger partial charge in [-0.1, -0.05) is 30.0 Å². The number of hydrogen-bond acceptors (Lipinski definition) is 5. The first-order valence-electron chi connectivity index (χ1n) is 8.00. The lowest BCUT2D eigenvalue weighted by atomic mass is 9.51. The van der Waals surface area contributed by atoms with E-state index in [-0.39, 0.29) is 11.8 Å². The molecule has 4 bridgehead atoms. The summed E-state index contributed by atoms with van der Waals surface area (Å²) < 4.78 is 0.942. The maximum Gasteiger partial charge on any atom is 0.229 e. The van der Waals surface area contributed by atoms with Crippen LogP contribution in [0.25, 0.3) is 0 Å². The molecule has 0 aromatic carbocycles. The topological polar surface area (TPSA) is 54.9 Å². The monoisotopic (exact) mass is 323 g/mol. The second-order valence-corrected chi connectivity index (χ2v) is 9.24. The van der Waals surface area contributed by atoms with Crippen LogP contribution in [0.15, 0.2) is 4.34 Å². The van der Waals surface area contributed by atoms with Crippen LogP contribution in [0, 0.1) is 29.6 Å². The second-order valence-electron chi connectivity index (χ2n) is 6.75. The molecule has 4 nitrogen and oxygen atoms in total. The minimum atomic E-state index is 0.202. The van der Waals surface area contributed by atoms with Gasteiger partial charge in [-0.2, -0.15) is 0 Å². The maximum atomic E-state index is 12.7. The Morgan fingerprint density at radius 3 is 2.48 bits per heavy atom. The third kappa shape index (κ3) is 2.61. The molecule has 6 heteroatoms. The fourth-order valence-electron chi connectivity index (χ4n) is 4.98. The SMILES string of the molecule is CCSc1nnc(NC(=O)C2C3CC4CC(C3)CC2C4)s1. The summed E-state index contributed by atoms with van der Waals surface area (Å²) in [5, 5.41) is 11.9. The quantitative estimate of drug-likeness (QED) is 0.678. The molecule has 4 saturated carbocycles. The number of rotatable bonds is 4. The van der Waals surface area contributed by atoms with Crippen LogP contribution in [-0.4, -0.2) is 21.9 Å². The second kappa shape index (κ2) is 5.54. The van der Waals surface area contributed by atoms with Crippen LogP contribution in [-0.2, 0) is 4.79 Å². The smallest absolute Gasteiger partial charge is 0.229 e. The summed E-state index contributed by atoms with van der Waals surface area (Å²) in [6.45, 7) is 2.10. The molecule has 4 aliphatic carbocycles. The van der Waals surface area contributed by atoms with Gasteiger partial charge in [-0.3, -0.25) is 4.79 Å². The molecule has 4 fully saturated rings. The van der Waals surface area contributed by atoms with Gasteiger partial charge in [-0.05, 0) is 61.5 Å². The summed E-state index contributed by atoms with van der Waals surface area (Å²) in [6.07, 6.45) is 6.53. The van der Waals surface area contributed by atoms with Crippen LogP contribution in [0.3, 0.4) is 0 Å². The van der Waals surface area contributed by atoms with E-state index in [2.05, 4.69) is 22.4 Å². The highest BCUT2D eigenvalue weighted by molar-refractivity contribution is 8.01. The standard InChI is InChI=1S/C15H21N3OS2/c1-2-20-15-18-17-14(21-15)16-13(19)12-10-4-8-3-9(6-10)7-11(12)5-8/h8-12H,2-7H2,1H3,(H,16,17,19). The number of nitrogens with one attached hydrogen (secondary N) is 1. The molecule has 0 saturated heterocycles. The third-order valence-electron chi connectivity index (χ3n) is 5.43. The van der Waals surface area contributed by atoms with E-state index in [9.17, 15) is 4.79 Å². The molecule has 114 valence electrons. The summed E-state index contributed by atoms with van der Waals surface area (Å²) in [6, 6.07) is 0. The number of carbonyl (C=O) groups is 1. The van der Waals surface area contributed by atoms with Gasteiger partial charge in [0.2, 0.25) is 11.0 Å². The zero-order chi connectivity index (χ0) is 14.4. The molecule has 21 heavy (non-hydrogen) atoms. The van der Waals surface area contributed by atoms with Gasteiger partial charge < -0.3 is 5.32 Å². The van der Waals surface area contributed by atoms with E-state index in [1.807, 2.05) is 0 Å². The first-order valence-corrected chi connectivity index (χ1v) is 9.80. The average Bonchev–Trinajstić information content (AvgIpc) is 2.85. The van der Waals surface area contributed by atoms with Gasteiger partial charge in [0.05, 0.1) is 0 Å². The minimum absolute atomic E-state index is 0.202. The Hall–Kier alpha value is -0.620. The maximum absolute atomic E-state index is 12.7. The van der Waals surface area contributed by atoms with E-state index in [1.165, 1.54) is 43.4 Å². The van der Waals surface area contributed by atoms with Crippen molar-refractivity contribution in [1.82, 2.24) is 10.2 Å². The zero-order valence-corrected chi connectivity index (χ0v) is 13.9. The van der Waals surface area contributed by atoms with Crippen molar-refractivity contribution in [1.29, 1.82) is 0 Å². The molecule has 1 heterocycles. The van der Waals surface area contributed by atoms with Crippen molar-refractivity contribution in [3.8, 4) is 0 Å². The fourth-order valence-corrected chi connectivity index (χ4v) is 6.64. The van der Waals surface area contributed by atoms with Crippen molar-refractivity contribution in [2.45, 2.75) is 43.4 Å². The molecule has 4 aliphatic rings. The highest BCUT2D eigenvalue weighted by atomic mass is 32.2. The average molecular weight is 323 g/mol. The van der Waals surface area contributed by atoms with Gasteiger partial charge in [0.15, 0.2) is 4.34 Å². The lowest BCUT2D eigenvalue weighted by Gasteiger charge is -2.53. The van der Waals surface area contributed by atoms with Crippen molar-refractivity contribution < 1.29 is 4.79 Å². The first-order chi connectivity index (χ1) is 10.2. The lowest BCUT2D eigenvalue weighted by Crippen LogP contribution is -2.49. The summed E-state index contributed by atoms with van der Waals surface area (Å²) in [5.41, 5.74) is 0. The predicted molar refractivity (Wildman–Crippen MR) is 85.5 cm³/mol. The Morgan fingerprint density at radius 2 is 1.86 bits per heavy atom. The minimum Gasteiger partial charge on any atom is -0.300 e. The summed E-state index contributed by atoms with van der Waals surface area (Å²) in [7, 11) is 0. The number of aromatic nitrogens is 2. The molecular weight excluding hydrogens is 302 g/mol. The molecule has 1 aromatic rings. The Kier molecular flexibility index (Phi) is 3.69. The summed E-state index contributed by atoms with van der Waals surface area (Å²) in [4.78, 5) is 12.7. The Morgan fingerprint density at radius 1 is 1.19 bits per heavy atom. The molecular formula is C15H21N3OS2. The number of nitrogens with zero attached hydrogens (tertiary/aromatic N) is 2. The van der Waals surface area contributed by atoms with Gasteiger partial charge in [0.25, 0.3) is 0 Å². The Balaban J connectivity index is 1.45. The van der Waals surface area contributed by atoms with Crippen molar-refractivity contribution in [2.75, 3.05) is 11.1 Å². The number of carbonyl (C=O) groups excluding carboxylic acids is 1. The molecule has 0 spiro atoms. The highest BCUT2D eigenvalue weighted by Gasteiger charge is 2.50. The van der Waals surface area contributed by atoms with Gasteiger partial charge in [-0.15, -0.1) is 10.2 Å². The molecule has 5 rings (SSSR count).